The van der Waals surface area contributed by atoms with Gasteiger partial charge in [-0.05, 0) is 81.5 Å². The lowest BCUT2D eigenvalue weighted by molar-refractivity contribution is -0.139. The minimum absolute atomic E-state index is 0.125. The molecule has 2 aromatic carbocycles. The van der Waals surface area contributed by atoms with E-state index in [1.165, 1.54) is 12.1 Å². The number of benzene rings is 2. The minimum atomic E-state index is -4.70. The molecule has 0 unspecified atom stereocenters. The normalized spacial score (nSPS) is 13.6. The Hall–Kier alpha value is -3.80. The van der Waals surface area contributed by atoms with Crippen LogP contribution in [0.1, 0.15) is 53.5 Å². The van der Waals surface area contributed by atoms with Crippen molar-refractivity contribution < 1.29 is 27.4 Å². The smallest absolute Gasteiger partial charge is 0.419 e. The number of hydrogen-bond acceptors (Lipinski definition) is 4. The van der Waals surface area contributed by atoms with E-state index in [9.17, 15) is 18.0 Å². The molecule has 1 atom stereocenters. The van der Waals surface area contributed by atoms with Crippen molar-refractivity contribution in [3.8, 4) is 16.9 Å². The molecule has 1 amide bonds. The molecule has 0 saturated heterocycles. The van der Waals surface area contributed by atoms with Gasteiger partial charge in [0.05, 0.1) is 23.2 Å². The number of pyridine rings is 1. The van der Waals surface area contributed by atoms with Gasteiger partial charge in [-0.3, -0.25) is 4.98 Å². The van der Waals surface area contributed by atoms with E-state index in [2.05, 4.69) is 15.1 Å². The Kier molecular flexibility index (Phi) is 8.25. The summed E-state index contributed by atoms with van der Waals surface area (Å²) in [4.78, 5) is 20.2. The lowest BCUT2D eigenvalue weighted by atomic mass is 9.91. The third-order valence-corrected chi connectivity index (χ3v) is 5.64. The van der Waals surface area contributed by atoms with Crippen LogP contribution in [0.15, 0.2) is 48.7 Å². The molecule has 1 N–H and O–H groups in total. The van der Waals surface area contributed by atoms with Gasteiger partial charge < -0.3 is 14.8 Å². The van der Waals surface area contributed by atoms with Gasteiger partial charge in [-0.1, -0.05) is 26.0 Å². The lowest BCUT2D eigenvalue weighted by Crippen LogP contribution is -2.52. The van der Waals surface area contributed by atoms with Crippen molar-refractivity contribution in [2.45, 2.75) is 65.3 Å². The fourth-order valence-electron chi connectivity index (χ4n) is 4.35. The van der Waals surface area contributed by atoms with Crippen LogP contribution in [0.25, 0.3) is 26.9 Å². The van der Waals surface area contributed by atoms with Crippen molar-refractivity contribution in [2.24, 2.45) is 5.92 Å². The summed E-state index contributed by atoms with van der Waals surface area (Å²) in [7, 11) is 0. The molecule has 3 aromatic rings. The van der Waals surface area contributed by atoms with E-state index in [-0.39, 0.29) is 29.5 Å². The number of alkyl carbamates (subject to hydrolysis) is 1. The van der Waals surface area contributed by atoms with Crippen LogP contribution in [0.5, 0.6) is 5.75 Å². The highest BCUT2D eigenvalue weighted by molar-refractivity contribution is 5.97. The van der Waals surface area contributed by atoms with Gasteiger partial charge in [0.15, 0.2) is 5.69 Å². The zero-order valence-corrected chi connectivity index (χ0v) is 22.4. The number of nitrogens with zero attached hydrogens (tertiary/aromatic N) is 2. The molecule has 1 heterocycles. The van der Waals surface area contributed by atoms with E-state index >= 15 is 0 Å². The molecule has 6 nitrogen and oxygen atoms in total. The molecule has 0 aliphatic heterocycles. The Balaban J connectivity index is 1.98. The Morgan fingerprint density at radius 3 is 2.42 bits per heavy atom. The number of rotatable bonds is 7. The molecular formula is C29H32F3N3O3. The number of carbonyl (C=O) groups excluding carboxylic acids is 1. The predicted octanol–water partition coefficient (Wildman–Crippen LogP) is 8.18. The molecule has 0 spiro atoms. The summed E-state index contributed by atoms with van der Waals surface area (Å²) in [6.07, 6.45) is -3.36. The average Bonchev–Trinajstić information content (AvgIpc) is 2.79. The number of nitrogens with one attached hydrogen (secondary N) is 1. The summed E-state index contributed by atoms with van der Waals surface area (Å²) in [5.74, 6) is -0.231. The molecule has 0 aliphatic rings. The Morgan fingerprint density at radius 1 is 1.11 bits per heavy atom. The zero-order chi connectivity index (χ0) is 28.3. The molecular weight excluding hydrogens is 495 g/mol. The van der Waals surface area contributed by atoms with Gasteiger partial charge in [-0.25, -0.2) is 9.64 Å². The first-order chi connectivity index (χ1) is 17.6. The van der Waals surface area contributed by atoms with Gasteiger partial charge in [0, 0.05) is 11.6 Å². The average molecular weight is 528 g/mol. The molecule has 0 fully saturated rings. The van der Waals surface area contributed by atoms with Crippen LogP contribution in [0, 0.1) is 12.5 Å². The van der Waals surface area contributed by atoms with E-state index in [4.69, 9.17) is 16.0 Å². The van der Waals surface area contributed by atoms with E-state index in [0.717, 1.165) is 6.07 Å². The van der Waals surface area contributed by atoms with Gasteiger partial charge in [-0.2, -0.15) is 13.2 Å². The second-order valence-electron chi connectivity index (χ2n) is 11.0. The standard InChI is InChI=1S/C29H32F3N3O3/c1-18(2)16-28(6,35-26(36)38-27(3,4)5)17-37-25-11-10-19(13-23(25)29(30,31)32)22-14-20(33-7)15-24-21(22)9-8-12-34-24/h8-15,18H,16-17H2,1-6H3,(H,35,36)/t28-/m0/s1. The van der Waals surface area contributed by atoms with E-state index < -0.39 is 29.0 Å². The largest absolute Gasteiger partial charge is 0.491 e. The molecule has 3 rings (SSSR count). The van der Waals surface area contributed by atoms with E-state index in [1.54, 1.807) is 58.2 Å². The first-order valence-corrected chi connectivity index (χ1v) is 12.2. The highest BCUT2D eigenvalue weighted by Crippen LogP contribution is 2.41. The number of ether oxygens (including phenoxy) is 2. The second-order valence-corrected chi connectivity index (χ2v) is 11.0. The lowest BCUT2D eigenvalue weighted by Gasteiger charge is -2.33. The third-order valence-electron chi connectivity index (χ3n) is 5.64. The topological polar surface area (TPSA) is 64.8 Å². The first-order valence-electron chi connectivity index (χ1n) is 12.2. The summed E-state index contributed by atoms with van der Waals surface area (Å²) in [5, 5.41) is 3.41. The summed E-state index contributed by atoms with van der Waals surface area (Å²) in [5.41, 5.74) is -1.12. The highest BCUT2D eigenvalue weighted by Gasteiger charge is 2.37. The second kappa shape index (κ2) is 10.9. The zero-order valence-electron chi connectivity index (χ0n) is 22.4. The number of amides is 1. The molecule has 38 heavy (non-hydrogen) atoms. The van der Waals surface area contributed by atoms with Crippen LogP contribution in [0.3, 0.4) is 0 Å². The van der Waals surface area contributed by atoms with Crippen LogP contribution in [0.4, 0.5) is 23.7 Å². The summed E-state index contributed by atoms with van der Waals surface area (Å²) >= 11 is 0. The van der Waals surface area contributed by atoms with Gasteiger partial charge in [-0.15, -0.1) is 0 Å². The van der Waals surface area contributed by atoms with E-state index in [0.29, 0.717) is 22.9 Å². The molecule has 0 bridgehead atoms. The fourth-order valence-corrected chi connectivity index (χ4v) is 4.35. The summed E-state index contributed by atoms with van der Waals surface area (Å²) < 4.78 is 53.7. The van der Waals surface area contributed by atoms with Gasteiger partial charge >= 0.3 is 12.3 Å². The third kappa shape index (κ3) is 7.37. The maximum Gasteiger partial charge on any atom is 0.419 e. The monoisotopic (exact) mass is 527 g/mol. The van der Waals surface area contributed by atoms with Crippen molar-refractivity contribution in [1.82, 2.24) is 10.3 Å². The van der Waals surface area contributed by atoms with Gasteiger partial charge in [0.1, 0.15) is 18.0 Å². The molecule has 0 radical (unpaired) electrons. The minimum Gasteiger partial charge on any atom is -0.491 e. The van der Waals surface area contributed by atoms with E-state index in [1.807, 2.05) is 13.8 Å². The van der Waals surface area contributed by atoms with Gasteiger partial charge in [0.25, 0.3) is 0 Å². The fraction of sp³-hybridized carbons (Fsp3) is 0.414. The molecule has 0 aliphatic carbocycles. The Labute approximate surface area is 221 Å². The summed E-state index contributed by atoms with van der Waals surface area (Å²) in [6.45, 7) is 18.0. The molecule has 202 valence electrons. The number of fused-ring (bicyclic) bond motifs is 1. The van der Waals surface area contributed by atoms with Crippen molar-refractivity contribution in [1.29, 1.82) is 0 Å². The predicted molar refractivity (Wildman–Crippen MR) is 141 cm³/mol. The van der Waals surface area contributed by atoms with Crippen LogP contribution in [-0.4, -0.2) is 28.8 Å². The quantitative estimate of drug-likeness (QED) is 0.315. The van der Waals surface area contributed by atoms with Crippen molar-refractivity contribution >= 4 is 22.7 Å². The Morgan fingerprint density at radius 2 is 1.82 bits per heavy atom. The number of hydrogen-bond donors (Lipinski definition) is 1. The number of halogens is 3. The SMILES string of the molecule is [C-]#[N+]c1cc(-c2ccc(OC[C@](C)(CC(C)C)NC(=O)OC(C)(C)C)c(C(F)(F)F)c2)c2cccnc2c1. The number of alkyl halides is 3. The van der Waals surface area contributed by atoms with Crippen LogP contribution in [0.2, 0.25) is 0 Å². The van der Waals surface area contributed by atoms with Crippen LogP contribution in [-0.2, 0) is 10.9 Å². The van der Waals surface area contributed by atoms with Crippen molar-refractivity contribution in [2.75, 3.05) is 6.61 Å². The molecule has 9 heteroatoms. The van der Waals surface area contributed by atoms with Crippen molar-refractivity contribution in [3.63, 3.8) is 0 Å². The highest BCUT2D eigenvalue weighted by atomic mass is 19.4. The maximum atomic E-state index is 14.2. The first kappa shape index (κ1) is 28.8. The van der Waals surface area contributed by atoms with Crippen LogP contribution < -0.4 is 10.1 Å². The number of carbonyl (C=O) groups is 1. The molecule has 1 aromatic heterocycles. The summed E-state index contributed by atoms with van der Waals surface area (Å²) in [6, 6.07) is 10.4. The van der Waals surface area contributed by atoms with Crippen molar-refractivity contribution in [3.05, 3.63) is 65.6 Å². The maximum absolute atomic E-state index is 14.2. The Bertz CT molecular complexity index is 1360. The number of aromatic nitrogens is 1. The molecule has 0 saturated carbocycles. The van der Waals surface area contributed by atoms with Crippen LogP contribution >= 0.6 is 0 Å². The van der Waals surface area contributed by atoms with Gasteiger partial charge in [0.2, 0.25) is 0 Å².